The van der Waals surface area contributed by atoms with Gasteiger partial charge in [0.05, 0.1) is 12.7 Å². The molecule has 2 rings (SSSR count). The first-order valence-electron chi connectivity index (χ1n) is 10.5. The summed E-state index contributed by atoms with van der Waals surface area (Å²) in [6.45, 7) is 5.32. The van der Waals surface area contributed by atoms with E-state index in [0.29, 0.717) is 12.2 Å². The lowest BCUT2D eigenvalue weighted by molar-refractivity contribution is -0.0450. The third kappa shape index (κ3) is 11.8. The first-order chi connectivity index (χ1) is 17.3. The van der Waals surface area contributed by atoms with E-state index in [1.807, 2.05) is 0 Å². The lowest BCUT2D eigenvalue weighted by atomic mass is 10.2. The standard InChI is InChI=1S/C17H27N2O14P3S2/c1-17(2,3)38-37-7-5-4-6-11-9-19(16(22)18-15(11)21)14-8-12(20)13(31-14)10-30-35(26,27)33-36(28,29)32-34(23,24)25/h9,12-14,20H,5,7-8,10H2,1-3H3,(H,26,27)(H,28,29)(H,18,21,22)(H2,23,24,25)/t12-,13+,14+/m0/s1. The van der Waals surface area contributed by atoms with Crippen molar-refractivity contribution >= 4 is 45.1 Å². The maximum absolute atomic E-state index is 12.3. The molecule has 1 aliphatic heterocycles. The van der Waals surface area contributed by atoms with Crippen LogP contribution in [0.2, 0.25) is 0 Å². The predicted molar refractivity (Wildman–Crippen MR) is 137 cm³/mol. The van der Waals surface area contributed by atoms with Crippen molar-refractivity contribution in [1.29, 1.82) is 0 Å². The minimum Gasteiger partial charge on any atom is -0.390 e. The number of hydrogen-bond donors (Lipinski definition) is 6. The van der Waals surface area contributed by atoms with Gasteiger partial charge in [0.1, 0.15) is 17.9 Å². The van der Waals surface area contributed by atoms with Crippen LogP contribution in [-0.2, 0) is 31.6 Å². The molecule has 2 unspecified atom stereocenters. The molecule has 5 atom stereocenters. The molecule has 2 heterocycles. The van der Waals surface area contributed by atoms with E-state index in [1.165, 1.54) is 0 Å². The van der Waals surface area contributed by atoms with E-state index in [9.17, 15) is 38.2 Å². The second-order valence-electron chi connectivity index (χ2n) is 8.60. The number of hydrogen-bond acceptors (Lipinski definition) is 12. The minimum absolute atomic E-state index is 0.0344. The van der Waals surface area contributed by atoms with Crippen LogP contribution in [0.4, 0.5) is 0 Å². The molecular weight excluding hydrogens is 613 g/mol. The number of aromatic nitrogens is 2. The summed E-state index contributed by atoms with van der Waals surface area (Å²) in [5.74, 6) is 6.24. The molecule has 1 saturated heterocycles. The van der Waals surface area contributed by atoms with E-state index in [-0.39, 0.29) is 16.7 Å². The number of phosphoric acid groups is 3. The monoisotopic (exact) mass is 640 g/mol. The molecule has 6 N–H and O–H groups in total. The summed E-state index contributed by atoms with van der Waals surface area (Å²) in [5.41, 5.74) is -1.63. The van der Waals surface area contributed by atoms with Crippen molar-refractivity contribution in [1.82, 2.24) is 9.55 Å². The van der Waals surface area contributed by atoms with Crippen LogP contribution in [-0.4, -0.2) is 63.5 Å². The van der Waals surface area contributed by atoms with E-state index >= 15 is 0 Å². The fourth-order valence-corrected chi connectivity index (χ4v) is 7.98. The molecule has 216 valence electrons. The molecule has 0 spiro atoms. The van der Waals surface area contributed by atoms with Gasteiger partial charge >= 0.3 is 29.2 Å². The molecule has 1 fully saturated rings. The molecule has 0 amide bonds. The smallest absolute Gasteiger partial charge is 0.390 e. The van der Waals surface area contributed by atoms with E-state index in [4.69, 9.17) is 14.5 Å². The Labute approximate surface area is 224 Å². The SMILES string of the molecule is CC(C)(C)SSCCC#Cc1cn([C@H]2C[C@H](O)[C@@H](COP(=O)(O)OP(=O)(O)OP(=O)(O)O)O2)c(=O)[nH]c1=O. The Kier molecular flexibility index (Phi) is 11.7. The molecule has 1 aromatic heterocycles. The first-order valence-corrected chi connectivity index (χ1v) is 17.4. The van der Waals surface area contributed by atoms with Crippen LogP contribution in [0.25, 0.3) is 0 Å². The van der Waals surface area contributed by atoms with Crippen molar-refractivity contribution in [2.24, 2.45) is 0 Å². The number of nitrogens with one attached hydrogen (secondary N) is 1. The molecule has 1 aliphatic rings. The first kappa shape index (κ1) is 33.5. The zero-order valence-electron chi connectivity index (χ0n) is 20.2. The number of ether oxygens (including phenoxy) is 1. The van der Waals surface area contributed by atoms with Crippen LogP contribution in [0.15, 0.2) is 15.8 Å². The van der Waals surface area contributed by atoms with Crippen molar-refractivity contribution < 1.29 is 56.3 Å². The molecule has 38 heavy (non-hydrogen) atoms. The topological polar surface area (TPSA) is 244 Å². The van der Waals surface area contributed by atoms with Gasteiger partial charge in [-0.3, -0.25) is 18.9 Å². The Morgan fingerprint density at radius 3 is 2.42 bits per heavy atom. The van der Waals surface area contributed by atoms with Gasteiger partial charge < -0.3 is 29.4 Å². The van der Waals surface area contributed by atoms with Crippen LogP contribution < -0.4 is 11.2 Å². The van der Waals surface area contributed by atoms with E-state index in [0.717, 1.165) is 10.8 Å². The van der Waals surface area contributed by atoms with Gasteiger partial charge in [-0.25, -0.2) is 18.5 Å². The molecule has 16 nitrogen and oxygen atoms in total. The summed E-state index contributed by atoms with van der Waals surface area (Å²) in [7, 11) is -13.4. The molecule has 0 aliphatic carbocycles. The maximum atomic E-state index is 12.3. The zero-order valence-corrected chi connectivity index (χ0v) is 24.5. The molecule has 1 aromatic rings. The molecule has 0 saturated carbocycles. The fourth-order valence-electron chi connectivity index (χ4n) is 2.76. The van der Waals surface area contributed by atoms with Crippen LogP contribution in [0.3, 0.4) is 0 Å². The van der Waals surface area contributed by atoms with E-state index in [2.05, 4.69) is 50.7 Å². The summed E-state index contributed by atoms with van der Waals surface area (Å²) in [6.07, 6.45) is -2.46. The van der Waals surface area contributed by atoms with Gasteiger partial charge in [-0.05, 0) is 0 Å². The van der Waals surface area contributed by atoms with Gasteiger partial charge in [0.25, 0.3) is 5.56 Å². The number of nitrogens with zero attached hydrogens (tertiary/aromatic N) is 1. The average molecular weight is 640 g/mol. The van der Waals surface area contributed by atoms with Gasteiger partial charge in [0.2, 0.25) is 0 Å². The van der Waals surface area contributed by atoms with Crippen molar-refractivity contribution in [3.63, 3.8) is 0 Å². The Morgan fingerprint density at radius 2 is 1.82 bits per heavy atom. The van der Waals surface area contributed by atoms with Crippen LogP contribution in [0, 0.1) is 11.8 Å². The fraction of sp³-hybridized carbons (Fsp3) is 0.647. The lowest BCUT2D eigenvalue weighted by Crippen LogP contribution is -2.33. The molecular formula is C17H27N2O14P3S2. The number of rotatable bonds is 11. The summed E-state index contributed by atoms with van der Waals surface area (Å²) in [5, 5.41) is 10.2. The Balaban J connectivity index is 2.03. The number of aliphatic hydroxyl groups is 1. The summed E-state index contributed by atoms with van der Waals surface area (Å²) in [6, 6.07) is 0. The van der Waals surface area contributed by atoms with Gasteiger partial charge in [-0.1, -0.05) is 54.2 Å². The lowest BCUT2D eigenvalue weighted by Gasteiger charge is -2.19. The van der Waals surface area contributed by atoms with Gasteiger partial charge in [0.15, 0.2) is 0 Å². The highest BCUT2D eigenvalue weighted by atomic mass is 33.1. The van der Waals surface area contributed by atoms with Gasteiger partial charge in [-0.15, -0.1) is 0 Å². The number of H-pyrrole nitrogens is 1. The van der Waals surface area contributed by atoms with Crippen LogP contribution in [0.5, 0.6) is 0 Å². The molecule has 0 aromatic carbocycles. The quantitative estimate of drug-likeness (QED) is 0.0867. The third-order valence-corrected chi connectivity index (χ3v) is 11.3. The van der Waals surface area contributed by atoms with Gasteiger partial charge in [0, 0.05) is 29.5 Å². The highest BCUT2D eigenvalue weighted by molar-refractivity contribution is 8.77. The largest absolute Gasteiger partial charge is 0.490 e. The zero-order chi connectivity index (χ0) is 28.9. The third-order valence-electron chi connectivity index (χ3n) is 4.14. The summed E-state index contributed by atoms with van der Waals surface area (Å²) < 4.78 is 52.1. The highest BCUT2D eigenvalue weighted by Gasteiger charge is 2.43. The molecule has 0 radical (unpaired) electrons. The summed E-state index contributed by atoms with van der Waals surface area (Å²) in [4.78, 5) is 62.4. The van der Waals surface area contributed by atoms with Crippen molar-refractivity contribution in [3.05, 3.63) is 32.6 Å². The van der Waals surface area contributed by atoms with Crippen LogP contribution >= 0.6 is 45.1 Å². The highest BCUT2D eigenvalue weighted by Crippen LogP contribution is 2.66. The Morgan fingerprint density at radius 1 is 1.16 bits per heavy atom. The van der Waals surface area contributed by atoms with E-state index in [1.54, 1.807) is 21.6 Å². The number of aromatic amines is 1. The van der Waals surface area contributed by atoms with Gasteiger partial charge in [-0.2, -0.15) is 8.62 Å². The average Bonchev–Trinajstić information content (AvgIpc) is 3.07. The van der Waals surface area contributed by atoms with Crippen LogP contribution in [0.1, 0.15) is 45.4 Å². The minimum atomic E-state index is -5.71. The van der Waals surface area contributed by atoms with E-state index < -0.39 is 59.8 Å². The Hall–Kier alpha value is -0.730. The van der Waals surface area contributed by atoms with Crippen molar-refractivity contribution in [3.8, 4) is 11.8 Å². The summed E-state index contributed by atoms with van der Waals surface area (Å²) >= 11 is 0. The Bertz CT molecular complexity index is 1310. The number of phosphoric ester groups is 1. The normalized spacial score (nSPS) is 23.3. The maximum Gasteiger partial charge on any atom is 0.490 e. The second kappa shape index (κ2) is 13.3. The number of aliphatic hydroxyl groups excluding tert-OH is 1. The predicted octanol–water partition coefficient (Wildman–Crippen LogP) is 1.45. The molecule has 0 bridgehead atoms. The second-order valence-corrected chi connectivity index (χ2v) is 16.3. The molecule has 21 heteroatoms. The van der Waals surface area contributed by atoms with Crippen molar-refractivity contribution in [2.75, 3.05) is 12.4 Å². The van der Waals surface area contributed by atoms with Crippen molar-refractivity contribution in [2.45, 2.75) is 56.8 Å².